The summed E-state index contributed by atoms with van der Waals surface area (Å²) in [4.78, 5) is 12.4. The number of aryl methyl sites for hydroxylation is 2. The first-order valence-electron chi connectivity index (χ1n) is 8.96. The number of hydrogen-bond acceptors (Lipinski definition) is 3. The van der Waals surface area contributed by atoms with Gasteiger partial charge < -0.3 is 15.2 Å². The van der Waals surface area contributed by atoms with Crippen LogP contribution in [0.2, 0.25) is 0 Å². The van der Waals surface area contributed by atoms with Crippen LogP contribution in [0.15, 0.2) is 30.6 Å². The highest BCUT2D eigenvalue weighted by Crippen LogP contribution is 2.40. The van der Waals surface area contributed by atoms with Crippen molar-refractivity contribution in [2.45, 2.75) is 51.0 Å². The molecule has 1 aromatic carbocycles. The molecule has 3 rings (SSSR count). The number of rotatable bonds is 5. The number of nitrogens with zero attached hydrogens (tertiary/aromatic N) is 3. The standard InChI is InChI=1S/C19H27N5O/c1-14-7-6-8-16(11-14)19(9-4-5-10-19)12-20-18(25)22-15(2)17-23-21-13-24(17)3/h6-8,11,13,15H,4-5,9-10,12H2,1-3H3,(H2,20,22,25)/t15-/m1/s1. The van der Waals surface area contributed by atoms with Crippen molar-refractivity contribution in [2.75, 3.05) is 6.54 Å². The Hall–Kier alpha value is -2.37. The molecule has 1 atom stereocenters. The number of carbonyl (C=O) groups is 1. The minimum atomic E-state index is -0.189. The summed E-state index contributed by atoms with van der Waals surface area (Å²) in [7, 11) is 1.87. The molecule has 1 heterocycles. The first-order valence-corrected chi connectivity index (χ1v) is 8.96. The number of nitrogens with one attached hydrogen (secondary N) is 2. The third-order valence-electron chi connectivity index (χ3n) is 5.26. The largest absolute Gasteiger partial charge is 0.337 e. The zero-order valence-corrected chi connectivity index (χ0v) is 15.2. The van der Waals surface area contributed by atoms with Gasteiger partial charge in [-0.25, -0.2) is 4.79 Å². The number of aromatic nitrogens is 3. The average Bonchev–Trinajstić information content (AvgIpc) is 3.22. The van der Waals surface area contributed by atoms with Crippen molar-refractivity contribution in [3.63, 3.8) is 0 Å². The fourth-order valence-corrected chi connectivity index (χ4v) is 3.84. The zero-order valence-electron chi connectivity index (χ0n) is 15.2. The number of amides is 2. The average molecular weight is 341 g/mol. The molecule has 2 amide bonds. The highest BCUT2D eigenvalue weighted by molar-refractivity contribution is 5.74. The van der Waals surface area contributed by atoms with Crippen LogP contribution < -0.4 is 10.6 Å². The Balaban J connectivity index is 1.64. The quantitative estimate of drug-likeness (QED) is 0.878. The monoisotopic (exact) mass is 341 g/mol. The number of benzene rings is 1. The van der Waals surface area contributed by atoms with Crippen LogP contribution in [0.4, 0.5) is 4.79 Å². The van der Waals surface area contributed by atoms with Gasteiger partial charge in [0.25, 0.3) is 0 Å². The molecule has 1 aromatic heterocycles. The topological polar surface area (TPSA) is 71.8 Å². The predicted molar refractivity (Wildman–Crippen MR) is 97.3 cm³/mol. The molecule has 0 radical (unpaired) electrons. The van der Waals surface area contributed by atoms with Gasteiger partial charge in [-0.05, 0) is 32.3 Å². The van der Waals surface area contributed by atoms with E-state index in [1.54, 1.807) is 6.33 Å². The van der Waals surface area contributed by atoms with E-state index < -0.39 is 0 Å². The van der Waals surface area contributed by atoms with Gasteiger partial charge in [-0.3, -0.25) is 0 Å². The Labute approximate surface area is 149 Å². The second kappa shape index (κ2) is 7.25. The Kier molecular flexibility index (Phi) is 5.06. The van der Waals surface area contributed by atoms with E-state index in [0.717, 1.165) is 18.7 Å². The third-order valence-corrected chi connectivity index (χ3v) is 5.26. The number of urea groups is 1. The molecule has 0 bridgehead atoms. The molecule has 6 nitrogen and oxygen atoms in total. The Morgan fingerprint density at radius 3 is 2.76 bits per heavy atom. The van der Waals surface area contributed by atoms with Gasteiger partial charge in [-0.2, -0.15) is 0 Å². The maximum Gasteiger partial charge on any atom is 0.315 e. The van der Waals surface area contributed by atoms with Gasteiger partial charge >= 0.3 is 6.03 Å². The van der Waals surface area contributed by atoms with E-state index in [-0.39, 0.29) is 17.5 Å². The minimum absolute atomic E-state index is 0.0530. The first kappa shape index (κ1) is 17.5. The normalized spacial score (nSPS) is 17.2. The van der Waals surface area contributed by atoms with Crippen LogP contribution in [-0.4, -0.2) is 27.3 Å². The fourth-order valence-electron chi connectivity index (χ4n) is 3.84. The molecule has 2 aromatic rings. The molecule has 134 valence electrons. The van der Waals surface area contributed by atoms with Crippen LogP contribution in [-0.2, 0) is 12.5 Å². The summed E-state index contributed by atoms with van der Waals surface area (Å²) in [5, 5.41) is 13.9. The molecule has 1 fully saturated rings. The lowest BCUT2D eigenvalue weighted by atomic mass is 9.78. The van der Waals surface area contributed by atoms with Gasteiger partial charge in [0.1, 0.15) is 6.33 Å². The first-order chi connectivity index (χ1) is 12.0. The van der Waals surface area contributed by atoms with Crippen molar-refractivity contribution in [3.05, 3.63) is 47.5 Å². The molecular formula is C19H27N5O. The molecule has 25 heavy (non-hydrogen) atoms. The van der Waals surface area contributed by atoms with Crippen LogP contribution in [0, 0.1) is 6.92 Å². The molecule has 2 N–H and O–H groups in total. The molecule has 6 heteroatoms. The zero-order chi connectivity index (χ0) is 17.9. The summed E-state index contributed by atoms with van der Waals surface area (Å²) in [6, 6.07) is 8.34. The van der Waals surface area contributed by atoms with Gasteiger partial charge in [0.15, 0.2) is 5.82 Å². The van der Waals surface area contributed by atoms with Gasteiger partial charge in [-0.1, -0.05) is 42.7 Å². The van der Waals surface area contributed by atoms with E-state index in [9.17, 15) is 4.79 Å². The fraction of sp³-hybridized carbons (Fsp3) is 0.526. The van der Waals surface area contributed by atoms with Crippen molar-refractivity contribution < 1.29 is 4.79 Å². The van der Waals surface area contributed by atoms with Gasteiger partial charge in [0, 0.05) is 19.0 Å². The highest BCUT2D eigenvalue weighted by atomic mass is 16.2. The van der Waals surface area contributed by atoms with Crippen LogP contribution in [0.25, 0.3) is 0 Å². The van der Waals surface area contributed by atoms with E-state index >= 15 is 0 Å². The maximum atomic E-state index is 12.4. The summed E-state index contributed by atoms with van der Waals surface area (Å²) in [5.41, 5.74) is 2.66. The maximum absolute atomic E-state index is 12.4. The summed E-state index contributed by atoms with van der Waals surface area (Å²) in [6.07, 6.45) is 6.31. The molecule has 1 aliphatic rings. The van der Waals surface area contributed by atoms with E-state index in [4.69, 9.17) is 0 Å². The molecule has 0 saturated heterocycles. The van der Waals surface area contributed by atoms with E-state index in [0.29, 0.717) is 6.54 Å². The van der Waals surface area contributed by atoms with E-state index in [1.165, 1.54) is 24.0 Å². The number of carbonyl (C=O) groups excluding carboxylic acids is 1. The van der Waals surface area contributed by atoms with Crippen LogP contribution >= 0.6 is 0 Å². The van der Waals surface area contributed by atoms with Gasteiger partial charge in [-0.15, -0.1) is 10.2 Å². The van der Waals surface area contributed by atoms with Gasteiger partial charge in [0.2, 0.25) is 0 Å². The minimum Gasteiger partial charge on any atom is -0.337 e. The summed E-state index contributed by atoms with van der Waals surface area (Å²) < 4.78 is 1.82. The van der Waals surface area contributed by atoms with Crippen molar-refractivity contribution in [2.24, 2.45) is 7.05 Å². The van der Waals surface area contributed by atoms with Crippen LogP contribution in [0.1, 0.15) is 55.6 Å². The van der Waals surface area contributed by atoms with E-state index in [2.05, 4.69) is 52.0 Å². The van der Waals surface area contributed by atoms with Crippen molar-refractivity contribution in [1.82, 2.24) is 25.4 Å². The molecular weight excluding hydrogens is 314 g/mol. The van der Waals surface area contributed by atoms with Crippen molar-refractivity contribution in [1.29, 1.82) is 0 Å². The van der Waals surface area contributed by atoms with Gasteiger partial charge in [0.05, 0.1) is 6.04 Å². The molecule has 0 spiro atoms. The summed E-state index contributed by atoms with van der Waals surface area (Å²) in [6.45, 7) is 4.69. The Morgan fingerprint density at radius 1 is 1.36 bits per heavy atom. The Bertz CT molecular complexity index is 733. The lowest BCUT2D eigenvalue weighted by Gasteiger charge is -2.30. The SMILES string of the molecule is Cc1cccc(C2(CNC(=O)N[C@H](C)c3nncn3C)CCCC2)c1. The second-order valence-electron chi connectivity index (χ2n) is 7.21. The number of hydrogen-bond donors (Lipinski definition) is 2. The predicted octanol–water partition coefficient (Wildman–Crippen LogP) is 3.00. The van der Waals surface area contributed by atoms with E-state index in [1.807, 2.05) is 18.5 Å². The molecule has 1 aliphatic carbocycles. The summed E-state index contributed by atoms with van der Waals surface area (Å²) in [5.74, 6) is 0.740. The summed E-state index contributed by atoms with van der Waals surface area (Å²) >= 11 is 0. The molecule has 1 saturated carbocycles. The Morgan fingerprint density at radius 2 is 2.12 bits per heavy atom. The van der Waals surface area contributed by atoms with Crippen molar-refractivity contribution in [3.8, 4) is 0 Å². The smallest absolute Gasteiger partial charge is 0.315 e. The van der Waals surface area contributed by atoms with Crippen molar-refractivity contribution >= 4 is 6.03 Å². The lowest BCUT2D eigenvalue weighted by Crippen LogP contribution is -2.44. The lowest BCUT2D eigenvalue weighted by molar-refractivity contribution is 0.233. The molecule has 0 unspecified atom stereocenters. The molecule has 0 aliphatic heterocycles. The second-order valence-corrected chi connectivity index (χ2v) is 7.21. The third kappa shape index (κ3) is 3.83. The van der Waals surface area contributed by atoms with Crippen LogP contribution in [0.5, 0.6) is 0 Å². The highest BCUT2D eigenvalue weighted by Gasteiger charge is 2.36. The van der Waals surface area contributed by atoms with Crippen LogP contribution in [0.3, 0.4) is 0 Å².